The molecule has 0 aliphatic heterocycles. The van der Waals surface area contributed by atoms with E-state index >= 15 is 0 Å². The normalized spacial score (nSPS) is 10.7. The second-order valence-electron chi connectivity index (χ2n) is 4.37. The van der Waals surface area contributed by atoms with Gasteiger partial charge in [0.2, 0.25) is 5.91 Å². The summed E-state index contributed by atoms with van der Waals surface area (Å²) >= 11 is 0. The highest BCUT2D eigenvalue weighted by atomic mass is 16.3. The predicted octanol–water partition coefficient (Wildman–Crippen LogP) is 3.44. The van der Waals surface area contributed by atoms with Crippen LogP contribution < -0.4 is 5.32 Å². The lowest BCUT2D eigenvalue weighted by Gasteiger charge is -2.06. The number of carbonyl (C=O) groups excluding carboxylic acids is 2. The topological polar surface area (TPSA) is 59.3 Å². The molecule has 2 aromatic rings. The van der Waals surface area contributed by atoms with Gasteiger partial charge in [0.15, 0.2) is 5.78 Å². The molecule has 0 radical (unpaired) electrons. The second kappa shape index (κ2) is 6.02. The first-order chi connectivity index (χ1) is 9.56. The number of Topliss-reactive ketones (excluding diaryl/α,β-unsaturated/α-hetero) is 1. The third kappa shape index (κ3) is 3.45. The standard InChI is InChI=1S/C16H15NO3/c1-11-7-8-13(20-11)9-10-16(19)17-15-6-4-3-5-14(15)12(2)18/h3-10H,1-2H3,(H,17,19)/b10-9+. The minimum absolute atomic E-state index is 0.0912. The second-order valence-corrected chi connectivity index (χ2v) is 4.37. The van der Waals surface area contributed by atoms with Gasteiger partial charge in [-0.2, -0.15) is 0 Å². The summed E-state index contributed by atoms with van der Waals surface area (Å²) in [5, 5.41) is 2.68. The minimum Gasteiger partial charge on any atom is -0.462 e. The van der Waals surface area contributed by atoms with Gasteiger partial charge in [-0.25, -0.2) is 0 Å². The van der Waals surface area contributed by atoms with E-state index in [4.69, 9.17) is 4.42 Å². The highest BCUT2D eigenvalue weighted by molar-refractivity contribution is 6.07. The van der Waals surface area contributed by atoms with E-state index in [1.807, 2.05) is 13.0 Å². The summed E-state index contributed by atoms with van der Waals surface area (Å²) in [4.78, 5) is 23.3. The van der Waals surface area contributed by atoms with Crippen LogP contribution >= 0.6 is 0 Å². The van der Waals surface area contributed by atoms with Crippen LogP contribution in [0, 0.1) is 6.92 Å². The molecule has 1 N–H and O–H groups in total. The number of ketones is 1. The van der Waals surface area contributed by atoms with Gasteiger partial charge in [0, 0.05) is 11.6 Å². The van der Waals surface area contributed by atoms with Crippen LogP contribution in [0.25, 0.3) is 6.08 Å². The molecule has 4 heteroatoms. The van der Waals surface area contributed by atoms with Crippen LogP contribution in [0.1, 0.15) is 28.8 Å². The molecule has 20 heavy (non-hydrogen) atoms. The van der Waals surface area contributed by atoms with Gasteiger partial charge >= 0.3 is 0 Å². The van der Waals surface area contributed by atoms with Crippen molar-refractivity contribution in [1.29, 1.82) is 0 Å². The Balaban J connectivity index is 2.09. The lowest BCUT2D eigenvalue weighted by Crippen LogP contribution is -2.11. The predicted molar refractivity (Wildman–Crippen MR) is 77.6 cm³/mol. The zero-order chi connectivity index (χ0) is 14.5. The highest BCUT2D eigenvalue weighted by Crippen LogP contribution is 2.15. The Labute approximate surface area is 117 Å². The monoisotopic (exact) mass is 269 g/mol. The van der Waals surface area contributed by atoms with Gasteiger partial charge in [-0.05, 0) is 44.2 Å². The quantitative estimate of drug-likeness (QED) is 0.683. The summed E-state index contributed by atoms with van der Waals surface area (Å²) in [5.74, 6) is 0.990. The fraction of sp³-hybridized carbons (Fsp3) is 0.125. The van der Waals surface area contributed by atoms with Gasteiger partial charge in [0.25, 0.3) is 0 Å². The molecule has 2 rings (SSSR count). The van der Waals surface area contributed by atoms with Crippen molar-refractivity contribution < 1.29 is 14.0 Å². The Morgan fingerprint density at radius 1 is 1.15 bits per heavy atom. The summed E-state index contributed by atoms with van der Waals surface area (Å²) in [6, 6.07) is 10.5. The molecule has 0 bridgehead atoms. The molecule has 0 aliphatic carbocycles. The Hall–Kier alpha value is -2.62. The van der Waals surface area contributed by atoms with Gasteiger partial charge in [-0.1, -0.05) is 12.1 Å². The molecule has 0 saturated carbocycles. The zero-order valence-corrected chi connectivity index (χ0v) is 11.3. The molecule has 1 aromatic heterocycles. The fourth-order valence-corrected chi connectivity index (χ4v) is 1.77. The van der Waals surface area contributed by atoms with Crippen molar-refractivity contribution >= 4 is 23.5 Å². The molecule has 1 aromatic carbocycles. The lowest BCUT2D eigenvalue weighted by molar-refractivity contribution is -0.111. The first-order valence-electron chi connectivity index (χ1n) is 6.22. The number of para-hydroxylation sites is 1. The number of hydrogen-bond acceptors (Lipinski definition) is 3. The van der Waals surface area contributed by atoms with Crippen LogP contribution in [-0.4, -0.2) is 11.7 Å². The molecule has 1 amide bonds. The molecular formula is C16H15NO3. The van der Waals surface area contributed by atoms with Crippen molar-refractivity contribution in [3.8, 4) is 0 Å². The third-order valence-electron chi connectivity index (χ3n) is 2.72. The van der Waals surface area contributed by atoms with Crippen LogP contribution in [0.4, 0.5) is 5.69 Å². The van der Waals surface area contributed by atoms with Crippen LogP contribution in [0.5, 0.6) is 0 Å². The van der Waals surface area contributed by atoms with Crippen molar-refractivity contribution in [2.75, 3.05) is 5.32 Å². The maximum Gasteiger partial charge on any atom is 0.248 e. The molecule has 0 atom stereocenters. The first kappa shape index (κ1) is 13.8. The van der Waals surface area contributed by atoms with Crippen LogP contribution in [0.15, 0.2) is 46.9 Å². The third-order valence-corrected chi connectivity index (χ3v) is 2.72. The molecule has 0 aliphatic rings. The van der Waals surface area contributed by atoms with Crippen LogP contribution in [-0.2, 0) is 4.79 Å². The highest BCUT2D eigenvalue weighted by Gasteiger charge is 2.07. The average molecular weight is 269 g/mol. The molecule has 1 heterocycles. The van der Waals surface area contributed by atoms with E-state index in [0.717, 1.165) is 5.76 Å². The number of benzene rings is 1. The number of furan rings is 1. The summed E-state index contributed by atoms with van der Waals surface area (Å²) in [7, 11) is 0. The smallest absolute Gasteiger partial charge is 0.248 e. The van der Waals surface area contributed by atoms with E-state index in [2.05, 4.69) is 5.32 Å². The van der Waals surface area contributed by atoms with Crippen LogP contribution in [0.2, 0.25) is 0 Å². The summed E-state index contributed by atoms with van der Waals surface area (Å²) in [5.41, 5.74) is 0.994. The van der Waals surface area contributed by atoms with E-state index < -0.39 is 0 Å². The summed E-state index contributed by atoms with van der Waals surface area (Å²) in [6.07, 6.45) is 2.95. The average Bonchev–Trinajstić information content (AvgIpc) is 2.83. The largest absolute Gasteiger partial charge is 0.462 e. The maximum absolute atomic E-state index is 11.8. The summed E-state index contributed by atoms with van der Waals surface area (Å²) in [6.45, 7) is 3.30. The number of rotatable bonds is 4. The van der Waals surface area contributed by atoms with Gasteiger partial charge in [-0.15, -0.1) is 0 Å². The van der Waals surface area contributed by atoms with Gasteiger partial charge in [0.1, 0.15) is 11.5 Å². The van der Waals surface area contributed by atoms with Crippen molar-refractivity contribution in [2.45, 2.75) is 13.8 Å². The zero-order valence-electron chi connectivity index (χ0n) is 11.3. The van der Waals surface area contributed by atoms with Gasteiger partial charge < -0.3 is 9.73 Å². The Kier molecular flexibility index (Phi) is 4.15. The SMILES string of the molecule is CC(=O)c1ccccc1NC(=O)/C=C/c1ccc(C)o1. The number of carbonyl (C=O) groups is 2. The molecule has 0 spiro atoms. The van der Waals surface area contributed by atoms with E-state index in [0.29, 0.717) is 17.0 Å². The minimum atomic E-state index is -0.312. The van der Waals surface area contributed by atoms with E-state index in [9.17, 15) is 9.59 Å². The number of amides is 1. The van der Waals surface area contributed by atoms with Gasteiger partial charge in [-0.3, -0.25) is 9.59 Å². The Bertz CT molecular complexity index is 668. The molecular weight excluding hydrogens is 254 g/mol. The molecule has 0 unspecified atom stereocenters. The van der Waals surface area contributed by atoms with Crippen molar-refractivity contribution in [3.63, 3.8) is 0 Å². The molecule has 4 nitrogen and oxygen atoms in total. The number of aryl methyl sites for hydroxylation is 1. The lowest BCUT2D eigenvalue weighted by atomic mass is 10.1. The van der Waals surface area contributed by atoms with Gasteiger partial charge in [0.05, 0.1) is 5.69 Å². The van der Waals surface area contributed by atoms with E-state index in [-0.39, 0.29) is 11.7 Å². The number of nitrogens with one attached hydrogen (secondary N) is 1. The number of hydrogen-bond donors (Lipinski definition) is 1. The van der Waals surface area contributed by atoms with E-state index in [1.54, 1.807) is 36.4 Å². The summed E-state index contributed by atoms with van der Waals surface area (Å²) < 4.78 is 5.33. The molecule has 0 fully saturated rings. The first-order valence-corrected chi connectivity index (χ1v) is 6.22. The Morgan fingerprint density at radius 2 is 1.90 bits per heavy atom. The van der Waals surface area contributed by atoms with E-state index in [1.165, 1.54) is 13.0 Å². The molecule has 0 saturated heterocycles. The number of anilines is 1. The van der Waals surface area contributed by atoms with Crippen molar-refractivity contribution in [3.05, 3.63) is 59.6 Å². The Morgan fingerprint density at radius 3 is 2.55 bits per heavy atom. The maximum atomic E-state index is 11.8. The van der Waals surface area contributed by atoms with Crippen molar-refractivity contribution in [2.24, 2.45) is 0 Å². The molecule has 102 valence electrons. The van der Waals surface area contributed by atoms with Crippen molar-refractivity contribution in [1.82, 2.24) is 0 Å². The van der Waals surface area contributed by atoms with Crippen LogP contribution in [0.3, 0.4) is 0 Å². The fourth-order valence-electron chi connectivity index (χ4n) is 1.77.